The monoisotopic (exact) mass is 391 g/mol. The number of aliphatic imine (C=N–C) groups is 1. The molecule has 1 aromatic carbocycles. The molecule has 3 heterocycles. The maximum Gasteiger partial charge on any atom is 0.323 e. The van der Waals surface area contributed by atoms with Crippen LogP contribution in [0, 0.1) is 0 Å². The minimum atomic E-state index is -0.544. The van der Waals surface area contributed by atoms with E-state index in [-0.39, 0.29) is 29.8 Å². The van der Waals surface area contributed by atoms with Crippen LogP contribution >= 0.6 is 11.6 Å². The van der Waals surface area contributed by atoms with Crippen LogP contribution in [0.4, 0.5) is 10.5 Å². The van der Waals surface area contributed by atoms with Crippen LogP contribution in [0.25, 0.3) is 0 Å². The maximum absolute atomic E-state index is 13.0. The van der Waals surface area contributed by atoms with Gasteiger partial charge in [-0.3, -0.25) is 9.69 Å². The van der Waals surface area contributed by atoms with Crippen molar-refractivity contribution in [2.45, 2.75) is 24.9 Å². The first-order valence-electron chi connectivity index (χ1n) is 8.84. The lowest BCUT2D eigenvalue weighted by Crippen LogP contribution is -2.67. The average Bonchev–Trinajstić information content (AvgIpc) is 3.23. The number of halogens is 1. The lowest BCUT2D eigenvalue weighted by atomic mass is 10.1. The van der Waals surface area contributed by atoms with Crippen molar-refractivity contribution >= 4 is 34.5 Å². The molecule has 3 amide bonds. The van der Waals surface area contributed by atoms with Gasteiger partial charge in [0.15, 0.2) is 17.7 Å². The number of hydrogen-bond donors (Lipinski definition) is 0. The second-order valence-corrected chi connectivity index (χ2v) is 7.32. The van der Waals surface area contributed by atoms with Crippen LogP contribution in [0.2, 0.25) is 0 Å². The summed E-state index contributed by atoms with van der Waals surface area (Å²) in [6, 6.07) is 7.37. The summed E-state index contributed by atoms with van der Waals surface area (Å²) in [5.74, 6) is -0.0500. The summed E-state index contributed by atoms with van der Waals surface area (Å²) in [5.41, 5.74) is 2.12. The Bertz CT molecular complexity index is 816. The molecule has 0 aromatic heterocycles. The number of urea groups is 1. The summed E-state index contributed by atoms with van der Waals surface area (Å²) in [5, 5.41) is 0.225. The Morgan fingerprint density at radius 2 is 2.04 bits per heavy atom. The number of rotatable bonds is 3. The number of carbonyl (C=O) groups excluding carboxylic acids is 2. The zero-order valence-corrected chi connectivity index (χ0v) is 16.3. The summed E-state index contributed by atoms with van der Waals surface area (Å²) >= 11 is 6.38. The summed E-state index contributed by atoms with van der Waals surface area (Å²) < 4.78 is 5.56. The molecule has 0 aliphatic carbocycles. The van der Waals surface area contributed by atoms with Crippen molar-refractivity contribution in [2.24, 2.45) is 4.99 Å². The van der Waals surface area contributed by atoms with Crippen molar-refractivity contribution in [1.29, 1.82) is 0 Å². The highest BCUT2D eigenvalue weighted by Crippen LogP contribution is 2.33. The van der Waals surface area contributed by atoms with Crippen LogP contribution < -0.4 is 4.90 Å². The fourth-order valence-corrected chi connectivity index (χ4v) is 4.43. The lowest BCUT2D eigenvalue weighted by molar-refractivity contribution is -0.122. The summed E-state index contributed by atoms with van der Waals surface area (Å²) in [6.07, 6.45) is -0.182. The van der Waals surface area contributed by atoms with E-state index in [1.54, 1.807) is 31.0 Å². The molecule has 9 heteroatoms. The highest BCUT2D eigenvalue weighted by Gasteiger charge is 2.52. The van der Waals surface area contributed by atoms with Crippen LogP contribution in [0.3, 0.4) is 0 Å². The van der Waals surface area contributed by atoms with Gasteiger partial charge in [0.2, 0.25) is 5.91 Å². The van der Waals surface area contributed by atoms with E-state index < -0.39 is 12.4 Å². The van der Waals surface area contributed by atoms with Crippen molar-refractivity contribution in [3.63, 3.8) is 0 Å². The summed E-state index contributed by atoms with van der Waals surface area (Å²) in [7, 11) is 4.89. The number of para-hydroxylation sites is 1. The molecule has 1 aromatic rings. The molecule has 0 saturated carbocycles. The number of fused-ring (bicyclic) bond motifs is 2. The predicted octanol–water partition coefficient (Wildman–Crippen LogP) is 1.15. The maximum atomic E-state index is 13.0. The highest BCUT2D eigenvalue weighted by atomic mass is 35.5. The van der Waals surface area contributed by atoms with Crippen molar-refractivity contribution < 1.29 is 14.3 Å². The molecule has 0 spiro atoms. The number of likely N-dealkylation sites (N-methyl/N-ethyl adjacent to an activating group) is 2. The molecular formula is C18H22ClN5O3. The topological polar surface area (TPSA) is 68.7 Å². The van der Waals surface area contributed by atoms with Gasteiger partial charge in [0.05, 0.1) is 0 Å². The number of hydrogen-bond acceptors (Lipinski definition) is 5. The second kappa shape index (κ2) is 6.69. The van der Waals surface area contributed by atoms with Crippen LogP contribution in [-0.2, 0) is 16.0 Å². The molecule has 4 rings (SSSR count). The van der Waals surface area contributed by atoms with Crippen molar-refractivity contribution in [2.75, 3.05) is 39.2 Å². The first-order chi connectivity index (χ1) is 12.9. The van der Waals surface area contributed by atoms with Gasteiger partial charge >= 0.3 is 6.03 Å². The van der Waals surface area contributed by atoms with Crippen LogP contribution in [0.1, 0.15) is 5.56 Å². The number of anilines is 1. The van der Waals surface area contributed by atoms with Crippen molar-refractivity contribution in [3.8, 4) is 0 Å². The van der Waals surface area contributed by atoms with Crippen molar-refractivity contribution in [3.05, 3.63) is 29.8 Å². The third kappa shape index (κ3) is 2.74. The number of amidine groups is 1. The number of methoxy groups -OCH3 is 1. The average molecular weight is 392 g/mol. The highest BCUT2D eigenvalue weighted by molar-refractivity contribution is 6.65. The molecule has 1 fully saturated rings. The van der Waals surface area contributed by atoms with Gasteiger partial charge in [-0.25, -0.2) is 9.79 Å². The van der Waals surface area contributed by atoms with Gasteiger partial charge in [0, 0.05) is 33.4 Å². The Hall–Kier alpha value is -2.32. The van der Waals surface area contributed by atoms with Crippen LogP contribution in [-0.4, -0.2) is 84.7 Å². The van der Waals surface area contributed by atoms with E-state index in [2.05, 4.69) is 4.99 Å². The van der Waals surface area contributed by atoms with E-state index in [4.69, 9.17) is 16.3 Å². The third-order valence-electron chi connectivity index (χ3n) is 5.55. The Morgan fingerprint density at radius 1 is 1.30 bits per heavy atom. The Labute approximate surface area is 162 Å². The first kappa shape index (κ1) is 18.1. The molecular weight excluding hydrogens is 370 g/mol. The quantitative estimate of drug-likeness (QED) is 0.725. The van der Waals surface area contributed by atoms with Crippen LogP contribution in [0.5, 0.6) is 0 Å². The molecule has 144 valence electrons. The first-order valence-corrected chi connectivity index (χ1v) is 9.22. The number of benzene rings is 1. The van der Waals surface area contributed by atoms with Gasteiger partial charge < -0.3 is 19.4 Å². The molecule has 3 unspecified atom stereocenters. The predicted molar refractivity (Wildman–Crippen MR) is 102 cm³/mol. The van der Waals surface area contributed by atoms with Gasteiger partial charge in [0.1, 0.15) is 12.6 Å². The van der Waals surface area contributed by atoms with Gasteiger partial charge in [0.25, 0.3) is 0 Å². The Morgan fingerprint density at radius 3 is 2.78 bits per heavy atom. The molecule has 0 bridgehead atoms. The molecule has 27 heavy (non-hydrogen) atoms. The zero-order valence-electron chi connectivity index (χ0n) is 15.5. The standard InChI is InChI=1S/C18H22ClN5O3/c1-21-15-14(16(27-3)22(2)18(21)26)24(17(19)20-15)10-13(25)23-9-8-11-6-4-5-7-12(11)23/h4-7,14-16H,8-10H2,1-3H3. The van der Waals surface area contributed by atoms with E-state index in [0.717, 1.165) is 12.1 Å². The SMILES string of the molecule is COC1C2C(N=C(Cl)N2CC(=O)N2CCc3ccccc32)N(C)C(=O)N1C. The van der Waals surface area contributed by atoms with Gasteiger partial charge in [-0.05, 0) is 29.7 Å². The molecule has 8 nitrogen and oxygen atoms in total. The smallest absolute Gasteiger partial charge is 0.323 e. The molecule has 3 atom stereocenters. The minimum absolute atomic E-state index is 0.0500. The minimum Gasteiger partial charge on any atom is -0.359 e. The molecule has 0 N–H and O–H groups in total. The lowest BCUT2D eigenvalue weighted by Gasteiger charge is -2.46. The number of nitrogens with zero attached hydrogens (tertiary/aromatic N) is 5. The largest absolute Gasteiger partial charge is 0.359 e. The molecule has 1 saturated heterocycles. The summed E-state index contributed by atoms with van der Waals surface area (Å²) in [4.78, 5) is 36.4. The van der Waals surface area contributed by atoms with E-state index in [1.807, 2.05) is 24.3 Å². The summed E-state index contributed by atoms with van der Waals surface area (Å²) in [6.45, 7) is 0.731. The number of ether oxygens (including phenoxy) is 1. The van der Waals surface area contributed by atoms with Crippen molar-refractivity contribution in [1.82, 2.24) is 14.7 Å². The fraction of sp³-hybridized carbons (Fsp3) is 0.500. The molecule has 3 aliphatic rings. The van der Waals surface area contributed by atoms with Gasteiger partial charge in [-0.1, -0.05) is 18.2 Å². The van der Waals surface area contributed by atoms with E-state index >= 15 is 0 Å². The second-order valence-electron chi connectivity index (χ2n) is 6.98. The zero-order chi connectivity index (χ0) is 19.3. The van der Waals surface area contributed by atoms with E-state index in [9.17, 15) is 9.59 Å². The molecule has 0 radical (unpaired) electrons. The van der Waals surface area contributed by atoms with E-state index in [0.29, 0.717) is 6.54 Å². The third-order valence-corrected chi connectivity index (χ3v) is 5.87. The number of carbonyl (C=O) groups is 2. The molecule has 3 aliphatic heterocycles. The van der Waals surface area contributed by atoms with Gasteiger partial charge in [-0.15, -0.1) is 0 Å². The Kier molecular flexibility index (Phi) is 4.47. The Balaban J connectivity index is 1.58. The van der Waals surface area contributed by atoms with Gasteiger partial charge in [-0.2, -0.15) is 0 Å². The fourth-order valence-electron chi connectivity index (χ4n) is 4.16. The van der Waals surface area contributed by atoms with Crippen LogP contribution in [0.15, 0.2) is 29.3 Å². The normalized spacial score (nSPS) is 27.0. The number of amides is 3. The van der Waals surface area contributed by atoms with E-state index in [1.165, 1.54) is 15.4 Å².